The zero-order chi connectivity index (χ0) is 11.0. The molecule has 0 saturated heterocycles. The van der Waals surface area contributed by atoms with Gasteiger partial charge in [-0.2, -0.15) is 4.73 Å². The summed E-state index contributed by atoms with van der Waals surface area (Å²) in [5.41, 5.74) is 5.46. The topological polar surface area (TPSA) is 85.3 Å². The summed E-state index contributed by atoms with van der Waals surface area (Å²) in [6.07, 6.45) is 1.18. The van der Waals surface area contributed by atoms with Crippen molar-refractivity contribution in [2.24, 2.45) is 5.73 Å². The number of amides is 1. The van der Waals surface area contributed by atoms with Crippen LogP contribution in [0.3, 0.4) is 0 Å². The van der Waals surface area contributed by atoms with Crippen molar-refractivity contribution in [1.29, 1.82) is 0 Å². The van der Waals surface area contributed by atoms with Crippen molar-refractivity contribution in [2.75, 3.05) is 0 Å². The number of ketones is 1. The van der Waals surface area contributed by atoms with Gasteiger partial charge >= 0.3 is 0 Å². The van der Waals surface area contributed by atoms with Gasteiger partial charge in [0.1, 0.15) is 0 Å². The van der Waals surface area contributed by atoms with Crippen LogP contribution in [0.4, 0.5) is 0 Å². The Balaban J connectivity index is 2.72. The Labute approximate surface area is 84.7 Å². The van der Waals surface area contributed by atoms with Crippen molar-refractivity contribution >= 4 is 22.6 Å². The van der Waals surface area contributed by atoms with Crippen LogP contribution in [0.2, 0.25) is 0 Å². The highest BCUT2D eigenvalue weighted by atomic mass is 16.5. The first kappa shape index (κ1) is 9.26. The van der Waals surface area contributed by atoms with Crippen molar-refractivity contribution < 1.29 is 14.8 Å². The Hall–Kier alpha value is -2.30. The monoisotopic (exact) mass is 204 g/mol. The van der Waals surface area contributed by atoms with Crippen LogP contribution in [0.1, 0.15) is 10.4 Å². The molecule has 0 saturated carbocycles. The molecule has 0 spiro atoms. The maximum atomic E-state index is 11.4. The number of primary amides is 1. The quantitative estimate of drug-likeness (QED) is 0.425. The van der Waals surface area contributed by atoms with E-state index in [4.69, 9.17) is 5.73 Å². The van der Waals surface area contributed by atoms with E-state index in [1.54, 1.807) is 24.3 Å². The number of fused-ring (bicyclic) bond motifs is 1. The number of rotatable bonds is 2. The lowest BCUT2D eigenvalue weighted by Crippen LogP contribution is -2.22. The van der Waals surface area contributed by atoms with Crippen LogP contribution < -0.4 is 5.73 Å². The lowest BCUT2D eigenvalue weighted by atomic mass is 10.1. The first-order valence-electron chi connectivity index (χ1n) is 4.24. The van der Waals surface area contributed by atoms with Crippen LogP contribution in [0, 0.1) is 0 Å². The van der Waals surface area contributed by atoms with E-state index >= 15 is 0 Å². The van der Waals surface area contributed by atoms with Gasteiger partial charge in [0.2, 0.25) is 0 Å². The third-order valence-corrected chi connectivity index (χ3v) is 2.16. The maximum Gasteiger partial charge on any atom is 0.289 e. The second-order valence-corrected chi connectivity index (χ2v) is 3.10. The van der Waals surface area contributed by atoms with E-state index in [0.717, 1.165) is 4.73 Å². The second-order valence-electron chi connectivity index (χ2n) is 3.10. The number of nitrogens with zero attached hydrogens (tertiary/aromatic N) is 1. The largest absolute Gasteiger partial charge is 0.428 e. The molecule has 1 aromatic heterocycles. The van der Waals surface area contributed by atoms with Gasteiger partial charge in [-0.05, 0) is 6.07 Å². The third kappa shape index (κ3) is 1.34. The van der Waals surface area contributed by atoms with E-state index in [0.29, 0.717) is 10.9 Å². The van der Waals surface area contributed by atoms with Gasteiger partial charge in [0.05, 0.1) is 17.3 Å². The number of hydrogen-bond donors (Lipinski definition) is 2. The minimum absolute atomic E-state index is 0.112. The van der Waals surface area contributed by atoms with Gasteiger partial charge in [-0.3, -0.25) is 9.59 Å². The minimum atomic E-state index is -1.04. The minimum Gasteiger partial charge on any atom is -0.428 e. The molecule has 5 nitrogen and oxygen atoms in total. The van der Waals surface area contributed by atoms with E-state index in [1.807, 2.05) is 0 Å². The molecule has 0 aliphatic carbocycles. The fraction of sp³-hybridized carbons (Fsp3) is 0. The molecule has 0 bridgehead atoms. The molecule has 1 amide bonds. The average molecular weight is 204 g/mol. The fourth-order valence-electron chi connectivity index (χ4n) is 1.48. The lowest BCUT2D eigenvalue weighted by molar-refractivity contribution is -0.114. The molecule has 3 N–H and O–H groups in total. The van der Waals surface area contributed by atoms with E-state index < -0.39 is 11.7 Å². The molecule has 2 aromatic rings. The molecule has 0 aliphatic heterocycles. The molecule has 5 heteroatoms. The number of aromatic nitrogens is 1. The fourth-order valence-corrected chi connectivity index (χ4v) is 1.48. The molecule has 0 unspecified atom stereocenters. The first-order chi connectivity index (χ1) is 7.11. The summed E-state index contributed by atoms with van der Waals surface area (Å²) in [6.45, 7) is 0. The summed E-state index contributed by atoms with van der Waals surface area (Å²) in [7, 11) is 0. The van der Waals surface area contributed by atoms with Gasteiger partial charge in [0.25, 0.3) is 11.7 Å². The molecule has 0 radical (unpaired) electrons. The van der Waals surface area contributed by atoms with Gasteiger partial charge in [0, 0.05) is 5.39 Å². The first-order valence-corrected chi connectivity index (χ1v) is 4.24. The van der Waals surface area contributed by atoms with Gasteiger partial charge < -0.3 is 10.9 Å². The Bertz CT molecular complexity index is 557. The van der Waals surface area contributed by atoms with E-state index in [-0.39, 0.29) is 5.56 Å². The normalized spacial score (nSPS) is 10.4. The Kier molecular flexibility index (Phi) is 1.93. The Morgan fingerprint density at radius 2 is 1.93 bits per heavy atom. The molecule has 2 rings (SSSR count). The van der Waals surface area contributed by atoms with E-state index in [2.05, 4.69) is 0 Å². The third-order valence-electron chi connectivity index (χ3n) is 2.16. The van der Waals surface area contributed by atoms with Crippen LogP contribution in [-0.4, -0.2) is 21.6 Å². The summed E-state index contributed by atoms with van der Waals surface area (Å²) < 4.78 is 0.797. The summed E-state index contributed by atoms with van der Waals surface area (Å²) in [6, 6.07) is 6.69. The molecule has 15 heavy (non-hydrogen) atoms. The van der Waals surface area contributed by atoms with Crippen molar-refractivity contribution in [2.45, 2.75) is 0 Å². The molecular weight excluding hydrogens is 196 g/mol. The standard InChI is InChI=1S/C10H8N2O3/c11-10(14)9(13)7-5-12(15)8-4-2-1-3-6(7)8/h1-5,15H,(H2,11,14). The smallest absolute Gasteiger partial charge is 0.289 e. The summed E-state index contributed by atoms with van der Waals surface area (Å²) in [4.78, 5) is 22.1. The van der Waals surface area contributed by atoms with Crippen molar-refractivity contribution in [3.8, 4) is 0 Å². The predicted octanol–water partition coefficient (Wildman–Crippen LogP) is 0.547. The molecule has 0 atom stereocenters. The number of nitrogens with two attached hydrogens (primary N) is 1. The number of carbonyl (C=O) groups is 2. The van der Waals surface area contributed by atoms with E-state index in [9.17, 15) is 14.8 Å². The van der Waals surface area contributed by atoms with Gasteiger partial charge in [-0.25, -0.2) is 0 Å². The molecule has 0 fully saturated rings. The number of benzene rings is 1. The molecular formula is C10H8N2O3. The highest BCUT2D eigenvalue weighted by molar-refractivity contribution is 6.44. The number of Topliss-reactive ketones (excluding diaryl/α,β-unsaturated/α-hetero) is 1. The van der Waals surface area contributed by atoms with Crippen LogP contribution in [0.25, 0.3) is 10.9 Å². The summed E-state index contributed by atoms with van der Waals surface area (Å²) in [5.74, 6) is -1.84. The Morgan fingerprint density at radius 1 is 1.27 bits per heavy atom. The molecule has 0 aliphatic rings. The molecule has 1 heterocycles. The van der Waals surface area contributed by atoms with Crippen LogP contribution in [0.5, 0.6) is 0 Å². The maximum absolute atomic E-state index is 11.4. The highest BCUT2D eigenvalue weighted by Gasteiger charge is 2.18. The lowest BCUT2D eigenvalue weighted by Gasteiger charge is -1.93. The number of hydrogen-bond acceptors (Lipinski definition) is 3. The van der Waals surface area contributed by atoms with Crippen LogP contribution in [-0.2, 0) is 4.79 Å². The second kappa shape index (κ2) is 3.13. The Morgan fingerprint density at radius 3 is 2.60 bits per heavy atom. The van der Waals surface area contributed by atoms with Crippen LogP contribution >= 0.6 is 0 Å². The zero-order valence-corrected chi connectivity index (χ0v) is 7.68. The summed E-state index contributed by atoms with van der Waals surface area (Å²) in [5, 5.41) is 9.94. The van der Waals surface area contributed by atoms with Crippen molar-refractivity contribution in [1.82, 2.24) is 4.73 Å². The van der Waals surface area contributed by atoms with E-state index in [1.165, 1.54) is 6.20 Å². The number of carbonyl (C=O) groups excluding carboxylic acids is 2. The highest BCUT2D eigenvalue weighted by Crippen LogP contribution is 2.20. The van der Waals surface area contributed by atoms with Crippen molar-refractivity contribution in [3.63, 3.8) is 0 Å². The SMILES string of the molecule is NC(=O)C(=O)c1cn(O)c2ccccc12. The summed E-state index contributed by atoms with van der Waals surface area (Å²) >= 11 is 0. The van der Waals surface area contributed by atoms with Gasteiger partial charge in [-0.1, -0.05) is 18.2 Å². The molecule has 1 aromatic carbocycles. The van der Waals surface area contributed by atoms with Gasteiger partial charge in [-0.15, -0.1) is 0 Å². The predicted molar refractivity (Wildman–Crippen MR) is 52.6 cm³/mol. The van der Waals surface area contributed by atoms with Crippen molar-refractivity contribution in [3.05, 3.63) is 36.0 Å². The van der Waals surface area contributed by atoms with Gasteiger partial charge in [0.15, 0.2) is 0 Å². The van der Waals surface area contributed by atoms with Crippen LogP contribution in [0.15, 0.2) is 30.5 Å². The zero-order valence-electron chi connectivity index (χ0n) is 7.68. The average Bonchev–Trinajstić information content (AvgIpc) is 2.56. The number of para-hydroxylation sites is 1. The molecule has 76 valence electrons.